The largest absolute Gasteiger partial charge is 0.329 e. The Hall–Kier alpha value is -1.00. The number of likely N-dealkylation sites (tertiary alicyclic amines) is 1. The molecule has 3 nitrogen and oxygen atoms in total. The van der Waals surface area contributed by atoms with E-state index in [-0.39, 0.29) is 5.95 Å². The third-order valence-electron chi connectivity index (χ3n) is 3.19. The molecule has 1 saturated heterocycles. The summed E-state index contributed by atoms with van der Waals surface area (Å²) in [6, 6.07) is 5.06. The van der Waals surface area contributed by atoms with Gasteiger partial charge in [0.05, 0.1) is 0 Å². The molecule has 0 aliphatic carbocycles. The van der Waals surface area contributed by atoms with Crippen molar-refractivity contribution < 1.29 is 4.39 Å². The zero-order valence-electron chi connectivity index (χ0n) is 9.40. The molecule has 1 aromatic rings. The maximum absolute atomic E-state index is 13.0. The molecule has 2 N–H and O–H groups in total. The van der Waals surface area contributed by atoms with Gasteiger partial charge in [-0.15, -0.1) is 0 Å². The van der Waals surface area contributed by atoms with Crippen LogP contribution in [0, 0.1) is 5.95 Å². The number of piperidine rings is 1. The molecule has 0 saturated carbocycles. The lowest BCUT2D eigenvalue weighted by Crippen LogP contribution is -2.36. The molecule has 1 aliphatic rings. The third kappa shape index (κ3) is 2.77. The Labute approximate surface area is 95.5 Å². The highest BCUT2D eigenvalue weighted by Gasteiger charge is 2.21. The normalized spacial score (nSPS) is 18.9. The summed E-state index contributed by atoms with van der Waals surface area (Å²) in [5.74, 6) is 0.0339. The second-order valence-electron chi connectivity index (χ2n) is 4.29. The molecule has 1 aromatic heterocycles. The van der Waals surface area contributed by atoms with Crippen molar-refractivity contribution in [1.82, 2.24) is 9.88 Å². The van der Waals surface area contributed by atoms with E-state index in [2.05, 4.69) is 9.88 Å². The minimum Gasteiger partial charge on any atom is -0.329 e. The van der Waals surface area contributed by atoms with Gasteiger partial charge >= 0.3 is 0 Å². The van der Waals surface area contributed by atoms with Gasteiger partial charge < -0.3 is 10.6 Å². The third-order valence-corrected chi connectivity index (χ3v) is 3.19. The highest BCUT2D eigenvalue weighted by atomic mass is 19.1. The second kappa shape index (κ2) is 5.37. The van der Waals surface area contributed by atoms with Crippen molar-refractivity contribution in [3.05, 3.63) is 29.8 Å². The summed E-state index contributed by atoms with van der Waals surface area (Å²) in [6.07, 6.45) is 2.10. The molecule has 1 aliphatic heterocycles. The first kappa shape index (κ1) is 11.5. The smallest absolute Gasteiger partial charge is 0.213 e. The van der Waals surface area contributed by atoms with Crippen LogP contribution in [0.4, 0.5) is 4.39 Å². The maximum atomic E-state index is 13.0. The van der Waals surface area contributed by atoms with Crippen molar-refractivity contribution in [1.29, 1.82) is 0 Å². The van der Waals surface area contributed by atoms with Crippen molar-refractivity contribution in [3.8, 4) is 0 Å². The Morgan fingerprint density at radius 2 is 2.12 bits per heavy atom. The summed E-state index contributed by atoms with van der Waals surface area (Å²) in [6.45, 7) is 3.76. The van der Waals surface area contributed by atoms with E-state index in [0.29, 0.717) is 12.5 Å². The predicted molar refractivity (Wildman–Crippen MR) is 61.7 cm³/mol. The van der Waals surface area contributed by atoms with E-state index >= 15 is 0 Å². The number of halogens is 1. The first-order valence-electron chi connectivity index (χ1n) is 5.84. The van der Waals surface area contributed by atoms with Crippen LogP contribution >= 0.6 is 0 Å². The van der Waals surface area contributed by atoms with Gasteiger partial charge in [0, 0.05) is 24.7 Å². The summed E-state index contributed by atoms with van der Waals surface area (Å²) < 4.78 is 13.0. The molecular weight excluding hydrogens is 205 g/mol. The zero-order valence-corrected chi connectivity index (χ0v) is 9.40. The lowest BCUT2D eigenvalue weighted by atomic mass is 9.93. The van der Waals surface area contributed by atoms with Crippen molar-refractivity contribution in [2.75, 3.05) is 26.2 Å². The SMILES string of the molecule is NCCN1CCC(c2cccc(F)n2)CC1. The van der Waals surface area contributed by atoms with Crippen LogP contribution in [-0.2, 0) is 0 Å². The molecule has 4 heteroatoms. The number of nitrogens with two attached hydrogens (primary N) is 1. The maximum Gasteiger partial charge on any atom is 0.213 e. The van der Waals surface area contributed by atoms with Gasteiger partial charge in [-0.05, 0) is 38.1 Å². The quantitative estimate of drug-likeness (QED) is 0.787. The van der Waals surface area contributed by atoms with Crippen LogP contribution in [0.3, 0.4) is 0 Å². The van der Waals surface area contributed by atoms with Gasteiger partial charge in [-0.1, -0.05) is 6.07 Å². The Morgan fingerprint density at radius 3 is 2.75 bits per heavy atom. The average Bonchev–Trinajstić information content (AvgIpc) is 2.30. The number of aromatic nitrogens is 1. The summed E-state index contributed by atoms with van der Waals surface area (Å²) in [7, 11) is 0. The highest BCUT2D eigenvalue weighted by molar-refractivity contribution is 5.11. The fourth-order valence-electron chi connectivity index (χ4n) is 2.29. The summed E-state index contributed by atoms with van der Waals surface area (Å²) >= 11 is 0. The molecule has 16 heavy (non-hydrogen) atoms. The highest BCUT2D eigenvalue weighted by Crippen LogP contribution is 2.26. The second-order valence-corrected chi connectivity index (χ2v) is 4.29. The fourth-order valence-corrected chi connectivity index (χ4v) is 2.29. The molecular formula is C12H18FN3. The topological polar surface area (TPSA) is 42.1 Å². The van der Waals surface area contributed by atoms with Gasteiger partial charge in [0.15, 0.2) is 0 Å². The van der Waals surface area contributed by atoms with Crippen LogP contribution in [0.25, 0.3) is 0 Å². The lowest BCUT2D eigenvalue weighted by Gasteiger charge is -2.31. The molecule has 0 spiro atoms. The molecule has 0 unspecified atom stereocenters. The Balaban J connectivity index is 1.94. The van der Waals surface area contributed by atoms with E-state index in [1.807, 2.05) is 6.07 Å². The van der Waals surface area contributed by atoms with Gasteiger partial charge in [-0.25, -0.2) is 4.98 Å². The Morgan fingerprint density at radius 1 is 1.38 bits per heavy atom. The average molecular weight is 223 g/mol. The molecule has 0 bridgehead atoms. The predicted octanol–water partition coefficient (Wildman–Crippen LogP) is 1.36. The van der Waals surface area contributed by atoms with E-state index in [4.69, 9.17) is 5.73 Å². The summed E-state index contributed by atoms with van der Waals surface area (Å²) in [5.41, 5.74) is 6.42. The van der Waals surface area contributed by atoms with E-state index in [1.165, 1.54) is 6.07 Å². The molecule has 0 aromatic carbocycles. The van der Waals surface area contributed by atoms with Crippen molar-refractivity contribution in [2.45, 2.75) is 18.8 Å². The van der Waals surface area contributed by atoms with Gasteiger partial charge in [0.1, 0.15) is 0 Å². The number of hydrogen-bond donors (Lipinski definition) is 1. The number of pyridine rings is 1. The van der Waals surface area contributed by atoms with Crippen molar-refractivity contribution >= 4 is 0 Å². The van der Waals surface area contributed by atoms with E-state index in [1.54, 1.807) is 6.07 Å². The van der Waals surface area contributed by atoms with Crippen LogP contribution in [0.1, 0.15) is 24.5 Å². The Bertz CT molecular complexity index is 335. The molecule has 2 rings (SSSR count). The van der Waals surface area contributed by atoms with Crippen LogP contribution in [-0.4, -0.2) is 36.1 Å². The lowest BCUT2D eigenvalue weighted by molar-refractivity contribution is 0.216. The van der Waals surface area contributed by atoms with Crippen LogP contribution in [0.2, 0.25) is 0 Å². The first-order chi connectivity index (χ1) is 7.79. The molecule has 0 atom stereocenters. The van der Waals surface area contributed by atoms with Crippen molar-refractivity contribution in [3.63, 3.8) is 0 Å². The van der Waals surface area contributed by atoms with Crippen molar-refractivity contribution in [2.24, 2.45) is 5.73 Å². The molecule has 88 valence electrons. The summed E-state index contributed by atoms with van der Waals surface area (Å²) in [4.78, 5) is 6.31. The molecule has 2 heterocycles. The molecule has 1 fully saturated rings. The fraction of sp³-hybridized carbons (Fsp3) is 0.583. The Kier molecular flexibility index (Phi) is 3.85. The van der Waals surface area contributed by atoms with Gasteiger partial charge in [0.25, 0.3) is 0 Å². The monoisotopic (exact) mass is 223 g/mol. The standard InChI is InChI=1S/C12H18FN3/c13-12-3-1-2-11(15-12)10-4-7-16(8-5-10)9-6-14/h1-3,10H,4-9,14H2. The number of nitrogens with zero attached hydrogens (tertiary/aromatic N) is 2. The van der Waals surface area contributed by atoms with Crippen LogP contribution in [0.5, 0.6) is 0 Å². The van der Waals surface area contributed by atoms with E-state index < -0.39 is 0 Å². The summed E-state index contributed by atoms with van der Waals surface area (Å²) in [5, 5.41) is 0. The zero-order chi connectivity index (χ0) is 11.4. The van der Waals surface area contributed by atoms with Gasteiger partial charge in [-0.3, -0.25) is 0 Å². The minimum absolute atomic E-state index is 0.373. The van der Waals surface area contributed by atoms with E-state index in [0.717, 1.165) is 38.2 Å². The van der Waals surface area contributed by atoms with Gasteiger partial charge in [-0.2, -0.15) is 4.39 Å². The molecule has 0 radical (unpaired) electrons. The van der Waals surface area contributed by atoms with Crippen LogP contribution < -0.4 is 5.73 Å². The number of hydrogen-bond acceptors (Lipinski definition) is 3. The van der Waals surface area contributed by atoms with E-state index in [9.17, 15) is 4.39 Å². The van der Waals surface area contributed by atoms with Crippen LogP contribution in [0.15, 0.2) is 18.2 Å². The molecule has 0 amide bonds. The number of rotatable bonds is 3. The minimum atomic E-state index is -0.373. The first-order valence-corrected chi connectivity index (χ1v) is 5.84. The van der Waals surface area contributed by atoms with Gasteiger partial charge in [0.2, 0.25) is 5.95 Å².